The van der Waals surface area contributed by atoms with Gasteiger partial charge < -0.3 is 14.4 Å². The van der Waals surface area contributed by atoms with Crippen LogP contribution in [0.15, 0.2) is 11.4 Å². The molecule has 0 saturated carbocycles. The van der Waals surface area contributed by atoms with Crippen LogP contribution in [0.3, 0.4) is 0 Å². The van der Waals surface area contributed by atoms with Crippen LogP contribution in [0.1, 0.15) is 49.2 Å². The first-order valence-corrected chi connectivity index (χ1v) is 8.55. The molecule has 1 atom stereocenters. The van der Waals surface area contributed by atoms with Gasteiger partial charge in [0.2, 0.25) is 0 Å². The van der Waals surface area contributed by atoms with Crippen molar-refractivity contribution in [3.8, 4) is 5.75 Å². The lowest BCUT2D eigenvalue weighted by atomic mass is 9.99. The summed E-state index contributed by atoms with van der Waals surface area (Å²) >= 11 is 1.46. The average Bonchev–Trinajstić information content (AvgIpc) is 2.95. The molecule has 2 heterocycles. The molecule has 0 bridgehead atoms. The third-order valence-corrected chi connectivity index (χ3v) is 4.71. The van der Waals surface area contributed by atoms with Gasteiger partial charge in [-0.2, -0.15) is 0 Å². The fourth-order valence-electron chi connectivity index (χ4n) is 2.69. The molecule has 1 fully saturated rings. The lowest BCUT2D eigenvalue weighted by molar-refractivity contribution is 0.0401. The molecule has 1 aromatic heterocycles. The van der Waals surface area contributed by atoms with E-state index in [1.54, 1.807) is 7.11 Å². The highest BCUT2D eigenvalue weighted by Crippen LogP contribution is 2.27. The molecule has 4 nitrogen and oxygen atoms in total. The second kappa shape index (κ2) is 7.80. The topological polar surface area (TPSA) is 38.8 Å². The molecule has 1 aromatic rings. The van der Waals surface area contributed by atoms with E-state index in [0.717, 1.165) is 43.0 Å². The van der Waals surface area contributed by atoms with E-state index < -0.39 is 0 Å². The van der Waals surface area contributed by atoms with Crippen molar-refractivity contribution < 1.29 is 14.3 Å². The fourth-order valence-corrected chi connectivity index (χ4v) is 3.50. The lowest BCUT2D eigenvalue weighted by Gasteiger charge is -2.35. The van der Waals surface area contributed by atoms with E-state index in [-0.39, 0.29) is 12.0 Å². The summed E-state index contributed by atoms with van der Waals surface area (Å²) in [4.78, 5) is 15.5. The van der Waals surface area contributed by atoms with E-state index in [1.165, 1.54) is 17.8 Å². The maximum Gasteiger partial charge on any atom is 0.264 e. The zero-order valence-electron chi connectivity index (χ0n) is 13.1. The van der Waals surface area contributed by atoms with Crippen molar-refractivity contribution >= 4 is 17.2 Å². The maximum atomic E-state index is 12.7. The van der Waals surface area contributed by atoms with Crippen LogP contribution < -0.4 is 4.74 Å². The Balaban J connectivity index is 1.98. The van der Waals surface area contributed by atoms with Crippen LogP contribution in [-0.4, -0.2) is 43.2 Å². The molecule has 0 radical (unpaired) electrons. The number of piperidine rings is 1. The van der Waals surface area contributed by atoms with E-state index in [1.807, 2.05) is 30.2 Å². The maximum absolute atomic E-state index is 12.7. The number of carbonyl (C=O) groups is 1. The quantitative estimate of drug-likeness (QED) is 0.806. The van der Waals surface area contributed by atoms with Gasteiger partial charge in [-0.1, -0.05) is 0 Å². The Hall–Kier alpha value is -1.07. The molecule has 1 amide bonds. The standard InChI is InChI=1S/C16H25NO3S/c1-12(2)20-9-7-13-6-4-5-8-17(13)16(18)15-10-14(19-3)11-21-15/h10-13H,4-9H2,1-3H3. The minimum absolute atomic E-state index is 0.137. The average molecular weight is 311 g/mol. The molecule has 0 N–H and O–H groups in total. The first-order chi connectivity index (χ1) is 10.1. The van der Waals surface area contributed by atoms with Gasteiger partial charge in [0.25, 0.3) is 5.91 Å². The summed E-state index contributed by atoms with van der Waals surface area (Å²) in [5, 5.41) is 1.88. The smallest absolute Gasteiger partial charge is 0.264 e. The highest BCUT2D eigenvalue weighted by atomic mass is 32.1. The molecule has 1 aliphatic heterocycles. The predicted octanol–water partition coefficient (Wildman–Crippen LogP) is 3.57. The second-order valence-electron chi connectivity index (χ2n) is 5.71. The largest absolute Gasteiger partial charge is 0.496 e. The lowest BCUT2D eigenvalue weighted by Crippen LogP contribution is -2.44. The predicted molar refractivity (Wildman–Crippen MR) is 85.3 cm³/mol. The van der Waals surface area contributed by atoms with Crippen LogP contribution in [0.2, 0.25) is 0 Å². The number of ether oxygens (including phenoxy) is 2. The van der Waals surface area contributed by atoms with E-state index >= 15 is 0 Å². The Bertz CT molecular complexity index is 458. The zero-order chi connectivity index (χ0) is 15.2. The molecular formula is C16H25NO3S. The summed E-state index contributed by atoms with van der Waals surface area (Å²) in [6.07, 6.45) is 4.54. The number of likely N-dealkylation sites (tertiary alicyclic amines) is 1. The Kier molecular flexibility index (Phi) is 6.06. The molecular weight excluding hydrogens is 286 g/mol. The summed E-state index contributed by atoms with van der Waals surface area (Å²) in [6, 6.07) is 2.14. The highest BCUT2D eigenvalue weighted by Gasteiger charge is 2.28. The number of rotatable bonds is 6. The summed E-state index contributed by atoms with van der Waals surface area (Å²) in [6.45, 7) is 5.66. The van der Waals surface area contributed by atoms with Gasteiger partial charge in [-0.3, -0.25) is 4.79 Å². The van der Waals surface area contributed by atoms with Gasteiger partial charge >= 0.3 is 0 Å². The van der Waals surface area contributed by atoms with Crippen molar-refractivity contribution in [3.05, 3.63) is 16.3 Å². The van der Waals surface area contributed by atoms with Gasteiger partial charge in [-0.15, -0.1) is 11.3 Å². The number of carbonyl (C=O) groups excluding carboxylic acids is 1. The van der Waals surface area contributed by atoms with E-state index in [4.69, 9.17) is 9.47 Å². The second-order valence-corrected chi connectivity index (χ2v) is 6.62. The van der Waals surface area contributed by atoms with Crippen LogP contribution in [-0.2, 0) is 4.74 Å². The van der Waals surface area contributed by atoms with Crippen molar-refractivity contribution in [2.24, 2.45) is 0 Å². The molecule has 1 aliphatic rings. The van der Waals surface area contributed by atoms with Gasteiger partial charge in [0.1, 0.15) is 5.75 Å². The number of hydrogen-bond acceptors (Lipinski definition) is 4. The van der Waals surface area contributed by atoms with E-state index in [2.05, 4.69) is 0 Å². The Morgan fingerprint density at radius 1 is 1.48 bits per heavy atom. The van der Waals surface area contributed by atoms with Crippen LogP contribution in [0.5, 0.6) is 5.75 Å². The number of methoxy groups -OCH3 is 1. The summed E-state index contributed by atoms with van der Waals surface area (Å²) in [5.41, 5.74) is 0. The third kappa shape index (κ3) is 4.45. The normalized spacial score (nSPS) is 19.0. The molecule has 1 saturated heterocycles. The summed E-state index contributed by atoms with van der Waals surface area (Å²) in [5.74, 6) is 0.901. The Labute approximate surface area is 131 Å². The SMILES string of the molecule is COc1csc(C(=O)N2CCCCC2CCOC(C)C)c1. The molecule has 0 spiro atoms. The van der Waals surface area contributed by atoms with Crippen LogP contribution in [0.25, 0.3) is 0 Å². The fraction of sp³-hybridized carbons (Fsp3) is 0.688. The van der Waals surface area contributed by atoms with Gasteiger partial charge in [0.15, 0.2) is 0 Å². The minimum atomic E-state index is 0.137. The number of amides is 1. The van der Waals surface area contributed by atoms with Crippen molar-refractivity contribution in [1.29, 1.82) is 0 Å². The van der Waals surface area contributed by atoms with Gasteiger partial charge in [-0.05, 0) is 39.5 Å². The molecule has 118 valence electrons. The van der Waals surface area contributed by atoms with Crippen LogP contribution >= 0.6 is 11.3 Å². The summed E-state index contributed by atoms with van der Waals surface area (Å²) in [7, 11) is 1.63. The van der Waals surface area contributed by atoms with E-state index in [0.29, 0.717) is 6.04 Å². The molecule has 0 aromatic carbocycles. The van der Waals surface area contributed by atoms with E-state index in [9.17, 15) is 4.79 Å². The molecule has 2 rings (SSSR count). The number of nitrogens with zero attached hydrogens (tertiary/aromatic N) is 1. The summed E-state index contributed by atoms with van der Waals surface area (Å²) < 4.78 is 10.8. The molecule has 1 unspecified atom stereocenters. The monoisotopic (exact) mass is 311 g/mol. The van der Waals surface area contributed by atoms with Crippen molar-refractivity contribution in [1.82, 2.24) is 4.90 Å². The Morgan fingerprint density at radius 3 is 2.95 bits per heavy atom. The van der Waals surface area contributed by atoms with Gasteiger partial charge in [-0.25, -0.2) is 0 Å². The van der Waals surface area contributed by atoms with Crippen molar-refractivity contribution in [2.45, 2.75) is 51.7 Å². The molecule has 5 heteroatoms. The first-order valence-electron chi connectivity index (χ1n) is 7.67. The first kappa shape index (κ1) is 16.3. The van der Waals surface area contributed by atoms with Crippen LogP contribution in [0, 0.1) is 0 Å². The third-order valence-electron chi connectivity index (χ3n) is 3.81. The number of thiophene rings is 1. The highest BCUT2D eigenvalue weighted by molar-refractivity contribution is 7.12. The van der Waals surface area contributed by atoms with Crippen molar-refractivity contribution in [3.63, 3.8) is 0 Å². The van der Waals surface area contributed by atoms with Crippen molar-refractivity contribution in [2.75, 3.05) is 20.3 Å². The van der Waals surface area contributed by atoms with Gasteiger partial charge in [0.05, 0.1) is 18.1 Å². The van der Waals surface area contributed by atoms with Crippen LogP contribution in [0.4, 0.5) is 0 Å². The minimum Gasteiger partial charge on any atom is -0.496 e. The molecule has 0 aliphatic carbocycles. The zero-order valence-corrected chi connectivity index (χ0v) is 13.9. The number of hydrogen-bond donors (Lipinski definition) is 0. The Morgan fingerprint density at radius 2 is 2.29 bits per heavy atom. The molecule has 21 heavy (non-hydrogen) atoms. The van der Waals surface area contributed by atoms with Gasteiger partial charge in [0, 0.05) is 30.6 Å².